The van der Waals surface area contributed by atoms with Crippen LogP contribution in [-0.4, -0.2) is 25.3 Å². The van der Waals surface area contributed by atoms with Gasteiger partial charge in [-0.25, -0.2) is 0 Å². The highest BCUT2D eigenvalue weighted by Gasteiger charge is 2.27. The van der Waals surface area contributed by atoms with Crippen LogP contribution < -0.4 is 10.6 Å². The molecule has 1 fully saturated rings. The van der Waals surface area contributed by atoms with E-state index >= 15 is 0 Å². The molecule has 1 heterocycles. The van der Waals surface area contributed by atoms with E-state index in [1.54, 1.807) is 0 Å². The van der Waals surface area contributed by atoms with E-state index in [0.717, 1.165) is 19.7 Å². The highest BCUT2D eigenvalue weighted by molar-refractivity contribution is 5.48. The first kappa shape index (κ1) is 12.4. The summed E-state index contributed by atoms with van der Waals surface area (Å²) in [4.78, 5) is 2.37. The maximum absolute atomic E-state index is 5.85. The zero-order chi connectivity index (χ0) is 12.5. The van der Waals surface area contributed by atoms with Crippen LogP contribution in [0.5, 0.6) is 0 Å². The molecule has 2 rings (SSSR count). The Morgan fingerprint density at radius 2 is 1.94 bits per heavy atom. The minimum Gasteiger partial charge on any atom is -0.372 e. The van der Waals surface area contributed by atoms with Gasteiger partial charge in [-0.2, -0.15) is 0 Å². The zero-order valence-electron chi connectivity index (χ0n) is 10.9. The highest BCUT2D eigenvalue weighted by Crippen LogP contribution is 2.24. The van der Waals surface area contributed by atoms with E-state index in [4.69, 9.17) is 10.5 Å². The van der Waals surface area contributed by atoms with Gasteiger partial charge in [0.15, 0.2) is 0 Å². The molecule has 0 aliphatic carbocycles. The predicted molar refractivity (Wildman–Crippen MR) is 71.3 cm³/mol. The molecule has 94 valence electrons. The first-order chi connectivity index (χ1) is 7.98. The summed E-state index contributed by atoms with van der Waals surface area (Å²) in [7, 11) is 0. The fourth-order valence-electron chi connectivity index (χ4n) is 2.23. The van der Waals surface area contributed by atoms with Gasteiger partial charge in [-0.05, 0) is 38.5 Å². The third kappa shape index (κ3) is 2.99. The van der Waals surface area contributed by atoms with Crippen LogP contribution in [0, 0.1) is 0 Å². The molecule has 2 N–H and O–H groups in total. The second kappa shape index (κ2) is 4.67. The second-order valence-corrected chi connectivity index (χ2v) is 5.41. The van der Waals surface area contributed by atoms with Crippen molar-refractivity contribution in [2.75, 3.05) is 24.6 Å². The van der Waals surface area contributed by atoms with Gasteiger partial charge < -0.3 is 15.4 Å². The van der Waals surface area contributed by atoms with Crippen molar-refractivity contribution in [3.63, 3.8) is 0 Å². The summed E-state index contributed by atoms with van der Waals surface area (Å²) < 4.78 is 5.72. The van der Waals surface area contributed by atoms with Crippen molar-refractivity contribution in [3.8, 4) is 0 Å². The van der Waals surface area contributed by atoms with Crippen molar-refractivity contribution >= 4 is 5.69 Å². The molecule has 3 nitrogen and oxygen atoms in total. The van der Waals surface area contributed by atoms with Gasteiger partial charge in [0.1, 0.15) is 0 Å². The molecule has 0 unspecified atom stereocenters. The molecule has 1 aliphatic heterocycles. The summed E-state index contributed by atoms with van der Waals surface area (Å²) in [6.07, 6.45) is 0. The Bertz CT molecular complexity index is 370. The Labute approximate surface area is 104 Å². The number of ether oxygens (including phenoxy) is 1. The van der Waals surface area contributed by atoms with Gasteiger partial charge in [-0.1, -0.05) is 12.1 Å². The van der Waals surface area contributed by atoms with Crippen LogP contribution in [0.25, 0.3) is 0 Å². The van der Waals surface area contributed by atoms with Gasteiger partial charge in [0, 0.05) is 24.8 Å². The lowest BCUT2D eigenvalue weighted by Gasteiger charge is -2.39. The number of hydrogen-bond acceptors (Lipinski definition) is 3. The summed E-state index contributed by atoms with van der Waals surface area (Å²) in [5, 5.41) is 0. The lowest BCUT2D eigenvalue weighted by atomic mass is 10.1. The quantitative estimate of drug-likeness (QED) is 0.853. The van der Waals surface area contributed by atoms with E-state index < -0.39 is 0 Å². The first-order valence-electron chi connectivity index (χ1n) is 6.22. The van der Waals surface area contributed by atoms with Crippen LogP contribution in [0.2, 0.25) is 0 Å². The van der Waals surface area contributed by atoms with Crippen molar-refractivity contribution in [1.29, 1.82) is 0 Å². The van der Waals surface area contributed by atoms with E-state index in [-0.39, 0.29) is 11.6 Å². The molecule has 1 aromatic rings. The van der Waals surface area contributed by atoms with Gasteiger partial charge in [-0.3, -0.25) is 0 Å². The summed E-state index contributed by atoms with van der Waals surface area (Å²) in [6.45, 7) is 8.96. The molecule has 0 saturated carbocycles. The maximum Gasteiger partial charge on any atom is 0.0801 e. The fourth-order valence-corrected chi connectivity index (χ4v) is 2.23. The Morgan fingerprint density at radius 3 is 2.47 bits per heavy atom. The van der Waals surface area contributed by atoms with Crippen LogP contribution in [0.4, 0.5) is 5.69 Å². The van der Waals surface area contributed by atoms with Crippen LogP contribution >= 0.6 is 0 Å². The molecule has 0 radical (unpaired) electrons. The summed E-state index contributed by atoms with van der Waals surface area (Å²) >= 11 is 0. The van der Waals surface area contributed by atoms with Gasteiger partial charge in [0.05, 0.1) is 12.2 Å². The molecular weight excluding hydrogens is 212 g/mol. The molecule has 17 heavy (non-hydrogen) atoms. The van der Waals surface area contributed by atoms with Crippen LogP contribution in [0.3, 0.4) is 0 Å². The third-order valence-corrected chi connectivity index (χ3v) is 3.21. The molecule has 1 aliphatic rings. The summed E-state index contributed by atoms with van der Waals surface area (Å²) in [6, 6.07) is 8.63. The zero-order valence-corrected chi connectivity index (χ0v) is 10.9. The maximum atomic E-state index is 5.85. The minimum absolute atomic E-state index is 0.0575. The van der Waals surface area contributed by atoms with Crippen molar-refractivity contribution < 1.29 is 4.74 Å². The molecule has 3 heteroatoms. The first-order valence-corrected chi connectivity index (χ1v) is 6.22. The molecule has 0 amide bonds. The topological polar surface area (TPSA) is 38.5 Å². The molecule has 0 bridgehead atoms. The van der Waals surface area contributed by atoms with Crippen molar-refractivity contribution in [2.24, 2.45) is 5.73 Å². The Kier molecular flexibility index (Phi) is 3.40. The number of rotatable bonds is 2. The van der Waals surface area contributed by atoms with Crippen molar-refractivity contribution in [1.82, 2.24) is 0 Å². The largest absolute Gasteiger partial charge is 0.372 e. The highest BCUT2D eigenvalue weighted by atomic mass is 16.5. The monoisotopic (exact) mass is 234 g/mol. The Balaban J connectivity index is 2.12. The van der Waals surface area contributed by atoms with Gasteiger partial charge >= 0.3 is 0 Å². The van der Waals surface area contributed by atoms with E-state index in [1.807, 2.05) is 6.92 Å². The fraction of sp³-hybridized carbons (Fsp3) is 0.571. The van der Waals surface area contributed by atoms with Crippen LogP contribution in [0.1, 0.15) is 32.4 Å². The van der Waals surface area contributed by atoms with Crippen LogP contribution in [-0.2, 0) is 4.74 Å². The van der Waals surface area contributed by atoms with E-state index in [0.29, 0.717) is 0 Å². The number of benzene rings is 1. The van der Waals surface area contributed by atoms with E-state index in [2.05, 4.69) is 43.0 Å². The van der Waals surface area contributed by atoms with Gasteiger partial charge in [0.2, 0.25) is 0 Å². The smallest absolute Gasteiger partial charge is 0.0801 e. The van der Waals surface area contributed by atoms with Gasteiger partial charge in [-0.15, -0.1) is 0 Å². The number of anilines is 1. The molecule has 0 spiro atoms. The molecule has 1 aromatic carbocycles. The number of nitrogens with zero attached hydrogens (tertiary/aromatic N) is 1. The number of nitrogens with two attached hydrogens (primary N) is 1. The summed E-state index contributed by atoms with van der Waals surface area (Å²) in [5.41, 5.74) is 8.23. The average Bonchev–Trinajstić information content (AvgIpc) is 2.28. The molecular formula is C14H22N2O. The lowest BCUT2D eigenvalue weighted by molar-refractivity contribution is -0.0276. The average molecular weight is 234 g/mol. The molecule has 1 atom stereocenters. The summed E-state index contributed by atoms with van der Waals surface area (Å²) in [5.74, 6) is 0. The van der Waals surface area contributed by atoms with Crippen molar-refractivity contribution in [3.05, 3.63) is 29.8 Å². The number of morpholine rings is 1. The van der Waals surface area contributed by atoms with Crippen molar-refractivity contribution in [2.45, 2.75) is 32.4 Å². The van der Waals surface area contributed by atoms with E-state index in [1.165, 1.54) is 11.3 Å². The predicted octanol–water partition coefficient (Wildman–Crippen LogP) is 2.32. The number of hydrogen-bond donors (Lipinski definition) is 1. The SMILES string of the molecule is C[C@H](N)c1ccc(N2CCOC(C)(C)C2)cc1. The third-order valence-electron chi connectivity index (χ3n) is 3.21. The van der Waals surface area contributed by atoms with Gasteiger partial charge in [0.25, 0.3) is 0 Å². The lowest BCUT2D eigenvalue weighted by Crippen LogP contribution is -2.48. The normalized spacial score (nSPS) is 21.3. The standard InChI is InChI=1S/C14H22N2O/c1-11(15)12-4-6-13(7-5-12)16-8-9-17-14(2,3)10-16/h4-7,11H,8-10,15H2,1-3H3/t11-/m0/s1. The Hall–Kier alpha value is -1.06. The molecule has 0 aromatic heterocycles. The molecule has 1 saturated heterocycles. The Morgan fingerprint density at radius 1 is 1.29 bits per heavy atom. The van der Waals surface area contributed by atoms with E-state index in [9.17, 15) is 0 Å². The second-order valence-electron chi connectivity index (χ2n) is 5.41. The van der Waals surface area contributed by atoms with Crippen LogP contribution in [0.15, 0.2) is 24.3 Å². The minimum atomic E-state index is -0.0575.